The fourth-order valence-electron chi connectivity index (χ4n) is 2.88. The van der Waals surface area contributed by atoms with Crippen LogP contribution in [0.25, 0.3) is 0 Å². The summed E-state index contributed by atoms with van der Waals surface area (Å²) < 4.78 is 5.44. The molecule has 3 aromatic rings. The molecule has 0 aliphatic heterocycles. The van der Waals surface area contributed by atoms with Crippen molar-refractivity contribution >= 4 is 11.9 Å². The summed E-state index contributed by atoms with van der Waals surface area (Å²) in [5.41, 5.74) is 8.54. The van der Waals surface area contributed by atoms with Gasteiger partial charge in [-0.1, -0.05) is 60.7 Å². The summed E-state index contributed by atoms with van der Waals surface area (Å²) in [4.78, 5) is 32.1. The smallest absolute Gasteiger partial charge is 0.329 e. The maximum Gasteiger partial charge on any atom is 0.329 e. The number of carbonyl (C=O) groups excluding carboxylic acids is 2. The molecular weight excluding hydrogens is 368 g/mol. The highest BCUT2D eigenvalue weighted by Gasteiger charge is 2.25. The molecule has 0 saturated carbocycles. The van der Waals surface area contributed by atoms with E-state index in [0.717, 1.165) is 16.8 Å². The number of imidazole rings is 1. The van der Waals surface area contributed by atoms with Crippen molar-refractivity contribution in [1.29, 1.82) is 0 Å². The number of amides is 1. The lowest BCUT2D eigenvalue weighted by molar-refractivity contribution is -0.149. The first-order valence-electron chi connectivity index (χ1n) is 9.39. The average Bonchev–Trinajstić information content (AvgIpc) is 3.26. The molecule has 1 amide bonds. The lowest BCUT2D eigenvalue weighted by Gasteiger charge is -2.20. The Hall–Kier alpha value is -3.45. The van der Waals surface area contributed by atoms with Crippen LogP contribution in [-0.2, 0) is 33.8 Å². The van der Waals surface area contributed by atoms with Crippen molar-refractivity contribution in [2.45, 2.75) is 31.5 Å². The van der Waals surface area contributed by atoms with Crippen molar-refractivity contribution in [3.8, 4) is 0 Å². The molecule has 1 heterocycles. The number of aromatic nitrogens is 2. The van der Waals surface area contributed by atoms with E-state index in [1.54, 1.807) is 6.20 Å². The monoisotopic (exact) mass is 392 g/mol. The average molecular weight is 392 g/mol. The van der Waals surface area contributed by atoms with Crippen molar-refractivity contribution in [2.24, 2.45) is 5.73 Å². The first kappa shape index (κ1) is 20.3. The molecule has 0 unspecified atom stereocenters. The summed E-state index contributed by atoms with van der Waals surface area (Å²) in [5.74, 6) is -0.919. The van der Waals surface area contributed by atoms with E-state index in [9.17, 15) is 9.59 Å². The molecule has 3 rings (SSSR count). The van der Waals surface area contributed by atoms with Crippen LogP contribution in [0.3, 0.4) is 0 Å². The number of carbonyl (C=O) groups is 2. The summed E-state index contributed by atoms with van der Waals surface area (Å²) in [6.07, 6.45) is 3.75. The van der Waals surface area contributed by atoms with Gasteiger partial charge in [-0.25, -0.2) is 9.78 Å². The van der Waals surface area contributed by atoms with Gasteiger partial charge in [0.2, 0.25) is 5.91 Å². The lowest BCUT2D eigenvalue weighted by atomic mass is 10.0. The topological polar surface area (TPSA) is 110 Å². The van der Waals surface area contributed by atoms with Gasteiger partial charge in [0.1, 0.15) is 12.6 Å². The van der Waals surface area contributed by atoms with Gasteiger partial charge in [0, 0.05) is 24.7 Å². The highest BCUT2D eigenvalue weighted by atomic mass is 16.5. The third-order valence-electron chi connectivity index (χ3n) is 4.44. The third-order valence-corrected chi connectivity index (χ3v) is 4.44. The van der Waals surface area contributed by atoms with Gasteiger partial charge >= 0.3 is 5.97 Å². The standard InChI is InChI=1S/C22H24N4O3/c23-19(12-18-13-24-15-25-18)21(27)26-20(11-16-7-3-1-4-8-16)22(28)29-14-17-9-5-2-6-10-17/h1-10,13,15,19-20H,11-12,14,23H2,(H,24,25)(H,26,27)/t19-,20-/m1/s1. The molecule has 2 aromatic carbocycles. The number of benzene rings is 2. The van der Waals surface area contributed by atoms with E-state index in [-0.39, 0.29) is 6.61 Å². The fraction of sp³-hybridized carbons (Fsp3) is 0.227. The van der Waals surface area contributed by atoms with E-state index < -0.39 is 24.0 Å². The third kappa shape index (κ3) is 6.29. The predicted molar refractivity (Wildman–Crippen MR) is 109 cm³/mol. The Morgan fingerprint density at radius 3 is 2.28 bits per heavy atom. The summed E-state index contributed by atoms with van der Waals surface area (Å²) in [5, 5.41) is 2.74. The molecule has 0 fully saturated rings. The SMILES string of the molecule is N[C@H](Cc1cnc[nH]1)C(=O)N[C@H](Cc1ccccc1)C(=O)OCc1ccccc1. The van der Waals surface area contributed by atoms with Crippen LogP contribution >= 0.6 is 0 Å². The van der Waals surface area contributed by atoms with Gasteiger partial charge in [0.25, 0.3) is 0 Å². The molecule has 0 saturated heterocycles. The Labute approximate surface area is 169 Å². The van der Waals surface area contributed by atoms with E-state index in [4.69, 9.17) is 10.5 Å². The van der Waals surface area contributed by atoms with Crippen LogP contribution in [0.1, 0.15) is 16.8 Å². The first-order valence-corrected chi connectivity index (χ1v) is 9.39. The van der Waals surface area contributed by atoms with Crippen molar-refractivity contribution in [3.63, 3.8) is 0 Å². The summed E-state index contributed by atoms with van der Waals surface area (Å²) >= 11 is 0. The number of nitrogens with zero attached hydrogens (tertiary/aromatic N) is 1. The minimum atomic E-state index is -0.832. The normalized spacial score (nSPS) is 12.7. The Morgan fingerprint density at radius 1 is 1.00 bits per heavy atom. The van der Waals surface area contributed by atoms with E-state index >= 15 is 0 Å². The number of aromatic amines is 1. The van der Waals surface area contributed by atoms with Gasteiger partial charge in [-0.2, -0.15) is 0 Å². The van der Waals surface area contributed by atoms with Gasteiger partial charge in [0.15, 0.2) is 0 Å². The van der Waals surface area contributed by atoms with Crippen LogP contribution in [0.15, 0.2) is 73.2 Å². The lowest BCUT2D eigenvalue weighted by Crippen LogP contribution is -2.50. The van der Waals surface area contributed by atoms with Crippen molar-refractivity contribution < 1.29 is 14.3 Å². The largest absolute Gasteiger partial charge is 0.459 e. The van der Waals surface area contributed by atoms with Gasteiger partial charge in [-0.05, 0) is 11.1 Å². The second-order valence-corrected chi connectivity index (χ2v) is 6.73. The molecule has 29 heavy (non-hydrogen) atoms. The quantitative estimate of drug-likeness (QED) is 0.481. The Morgan fingerprint density at radius 2 is 1.66 bits per heavy atom. The van der Waals surface area contributed by atoms with Crippen molar-refractivity contribution in [1.82, 2.24) is 15.3 Å². The summed E-state index contributed by atoms with van der Waals surface area (Å²) in [6.45, 7) is 0.140. The predicted octanol–water partition coefficient (Wildman–Crippen LogP) is 1.75. The maximum atomic E-state index is 12.7. The van der Waals surface area contributed by atoms with Gasteiger partial charge in [-0.15, -0.1) is 0 Å². The highest BCUT2D eigenvalue weighted by molar-refractivity contribution is 5.87. The molecule has 7 heteroatoms. The summed E-state index contributed by atoms with van der Waals surface area (Å²) in [6, 6.07) is 17.2. The van der Waals surface area contributed by atoms with Crippen LogP contribution in [0.4, 0.5) is 0 Å². The Kier molecular flexibility index (Phi) is 7.13. The summed E-state index contributed by atoms with van der Waals surface area (Å²) in [7, 11) is 0. The van der Waals surface area contributed by atoms with Crippen LogP contribution < -0.4 is 11.1 Å². The Bertz CT molecular complexity index is 898. The first-order chi connectivity index (χ1) is 14.1. The number of hydrogen-bond acceptors (Lipinski definition) is 5. The molecule has 7 nitrogen and oxygen atoms in total. The second kappa shape index (κ2) is 10.2. The van der Waals surface area contributed by atoms with Crippen LogP contribution in [-0.4, -0.2) is 33.9 Å². The number of ether oxygens (including phenoxy) is 1. The molecule has 0 spiro atoms. The molecule has 0 aliphatic carbocycles. The molecule has 0 aliphatic rings. The van der Waals surface area contributed by atoms with Crippen LogP contribution in [0, 0.1) is 0 Å². The molecule has 0 radical (unpaired) electrons. The van der Waals surface area contributed by atoms with Crippen molar-refractivity contribution in [3.05, 3.63) is 90.0 Å². The number of H-pyrrole nitrogens is 1. The number of rotatable bonds is 9. The second-order valence-electron chi connectivity index (χ2n) is 6.73. The van der Waals surface area contributed by atoms with E-state index in [0.29, 0.717) is 12.8 Å². The Balaban J connectivity index is 1.64. The fourth-order valence-corrected chi connectivity index (χ4v) is 2.88. The number of nitrogens with two attached hydrogens (primary N) is 1. The van der Waals surface area contributed by atoms with Crippen LogP contribution in [0.5, 0.6) is 0 Å². The number of esters is 1. The number of hydrogen-bond donors (Lipinski definition) is 3. The minimum Gasteiger partial charge on any atom is -0.459 e. The zero-order valence-electron chi connectivity index (χ0n) is 16.0. The van der Waals surface area contributed by atoms with Gasteiger partial charge in [-0.3, -0.25) is 4.79 Å². The van der Waals surface area contributed by atoms with E-state index in [1.165, 1.54) is 6.33 Å². The van der Waals surface area contributed by atoms with Gasteiger partial charge in [0.05, 0.1) is 12.4 Å². The molecule has 4 N–H and O–H groups in total. The zero-order valence-corrected chi connectivity index (χ0v) is 16.0. The molecule has 0 bridgehead atoms. The highest BCUT2D eigenvalue weighted by Crippen LogP contribution is 2.08. The van der Waals surface area contributed by atoms with Crippen molar-refractivity contribution in [2.75, 3.05) is 0 Å². The molecule has 1 aromatic heterocycles. The molecule has 2 atom stereocenters. The van der Waals surface area contributed by atoms with Crippen LogP contribution in [0.2, 0.25) is 0 Å². The maximum absolute atomic E-state index is 12.7. The number of nitrogens with one attached hydrogen (secondary N) is 2. The minimum absolute atomic E-state index is 0.140. The van der Waals surface area contributed by atoms with E-state index in [1.807, 2.05) is 60.7 Å². The zero-order chi connectivity index (χ0) is 20.5. The van der Waals surface area contributed by atoms with Gasteiger partial charge < -0.3 is 20.8 Å². The van der Waals surface area contributed by atoms with E-state index in [2.05, 4.69) is 15.3 Å². The molecule has 150 valence electrons. The molecular formula is C22H24N4O3.